The molecule has 12 heavy (non-hydrogen) atoms. The van der Waals surface area contributed by atoms with Crippen molar-refractivity contribution in [1.82, 2.24) is 20.1 Å². The fourth-order valence-electron chi connectivity index (χ4n) is 1.03. The Morgan fingerprint density at radius 1 is 1.83 bits per heavy atom. The monoisotopic (exact) mass is 183 g/mol. The average Bonchev–Trinajstić information content (AvgIpc) is 2.75. The van der Waals surface area contributed by atoms with Gasteiger partial charge in [-0.1, -0.05) is 11.8 Å². The fraction of sp³-hybridized carbons (Fsp3) is 0.500. The zero-order chi connectivity index (χ0) is 8.39. The van der Waals surface area contributed by atoms with Crippen LogP contribution in [0, 0.1) is 0 Å². The van der Waals surface area contributed by atoms with Gasteiger partial charge in [-0.2, -0.15) is 5.10 Å². The number of aliphatic imine (C=N–C) groups is 1. The summed E-state index contributed by atoms with van der Waals surface area (Å²) in [7, 11) is 1.78. The molecule has 0 bridgehead atoms. The van der Waals surface area contributed by atoms with Crippen LogP contribution in [-0.4, -0.2) is 32.7 Å². The number of nitrogens with zero attached hydrogens (tertiary/aromatic N) is 4. The largest absolute Gasteiger partial charge is 0.342 e. The number of aromatic nitrogens is 3. The van der Waals surface area contributed by atoms with E-state index in [9.17, 15) is 0 Å². The molecule has 2 heterocycles. The maximum atomic E-state index is 4.05. The molecule has 1 N–H and O–H groups in total. The van der Waals surface area contributed by atoms with Crippen molar-refractivity contribution in [3.63, 3.8) is 0 Å². The van der Waals surface area contributed by atoms with Gasteiger partial charge in [0.05, 0.1) is 0 Å². The standard InChI is InChI=1S/C6H9N5S/c1-7-6-10-5(2-12-6)11-4-8-3-9-11/h3-5H,2H2,1H3,(H,7,10). The molecule has 1 fully saturated rings. The Bertz CT molecular complexity index is 280. The third-order valence-corrected chi connectivity index (χ3v) is 2.68. The smallest absolute Gasteiger partial charge is 0.158 e. The van der Waals surface area contributed by atoms with Crippen LogP contribution in [0.15, 0.2) is 17.6 Å². The van der Waals surface area contributed by atoms with Gasteiger partial charge in [-0.3, -0.25) is 4.99 Å². The number of thioether (sulfide) groups is 1. The van der Waals surface area contributed by atoms with E-state index in [1.807, 2.05) is 0 Å². The highest BCUT2D eigenvalue weighted by molar-refractivity contribution is 8.14. The first-order valence-electron chi connectivity index (χ1n) is 3.60. The van der Waals surface area contributed by atoms with Gasteiger partial charge in [-0.05, 0) is 0 Å². The van der Waals surface area contributed by atoms with Crippen LogP contribution >= 0.6 is 11.8 Å². The summed E-state index contributed by atoms with van der Waals surface area (Å²) >= 11 is 1.70. The topological polar surface area (TPSA) is 55.1 Å². The molecule has 5 nitrogen and oxygen atoms in total. The van der Waals surface area contributed by atoms with E-state index in [1.54, 1.807) is 29.8 Å². The molecule has 0 saturated carbocycles. The third kappa shape index (κ3) is 1.29. The first kappa shape index (κ1) is 7.60. The van der Waals surface area contributed by atoms with Crippen molar-refractivity contribution in [1.29, 1.82) is 0 Å². The summed E-state index contributed by atoms with van der Waals surface area (Å²) in [6.07, 6.45) is 3.45. The van der Waals surface area contributed by atoms with E-state index in [0.29, 0.717) is 0 Å². The van der Waals surface area contributed by atoms with Crippen molar-refractivity contribution in [2.75, 3.05) is 12.8 Å². The van der Waals surface area contributed by atoms with Gasteiger partial charge in [-0.15, -0.1) is 0 Å². The number of hydrogen-bond acceptors (Lipinski definition) is 4. The van der Waals surface area contributed by atoms with Crippen molar-refractivity contribution in [2.24, 2.45) is 4.99 Å². The van der Waals surface area contributed by atoms with E-state index < -0.39 is 0 Å². The summed E-state index contributed by atoms with van der Waals surface area (Å²) < 4.78 is 1.80. The van der Waals surface area contributed by atoms with Crippen LogP contribution in [0.4, 0.5) is 0 Å². The highest BCUT2D eigenvalue weighted by Gasteiger charge is 2.21. The summed E-state index contributed by atoms with van der Waals surface area (Å²) in [5.74, 6) is 0.954. The van der Waals surface area contributed by atoms with Crippen LogP contribution in [-0.2, 0) is 0 Å². The first-order valence-corrected chi connectivity index (χ1v) is 4.59. The van der Waals surface area contributed by atoms with Crippen LogP contribution in [0.3, 0.4) is 0 Å². The second-order valence-electron chi connectivity index (χ2n) is 2.38. The lowest BCUT2D eigenvalue weighted by molar-refractivity contribution is 0.479. The maximum absolute atomic E-state index is 4.05. The van der Waals surface area contributed by atoms with Gasteiger partial charge in [-0.25, -0.2) is 9.67 Å². The van der Waals surface area contributed by atoms with E-state index in [1.165, 1.54) is 6.33 Å². The molecule has 1 atom stereocenters. The quantitative estimate of drug-likeness (QED) is 0.671. The van der Waals surface area contributed by atoms with Crippen molar-refractivity contribution < 1.29 is 0 Å². The average molecular weight is 183 g/mol. The SMILES string of the molecule is CN=C1NC(n2cncn2)CS1. The van der Waals surface area contributed by atoms with Crippen LogP contribution in [0.1, 0.15) is 6.17 Å². The van der Waals surface area contributed by atoms with E-state index in [4.69, 9.17) is 0 Å². The number of nitrogens with one attached hydrogen (secondary N) is 1. The lowest BCUT2D eigenvalue weighted by Gasteiger charge is -2.08. The molecule has 1 unspecified atom stereocenters. The van der Waals surface area contributed by atoms with E-state index in [2.05, 4.69) is 20.4 Å². The van der Waals surface area contributed by atoms with Gasteiger partial charge in [0.15, 0.2) is 5.17 Å². The molecule has 1 aromatic heterocycles. The molecule has 0 amide bonds. The van der Waals surface area contributed by atoms with Gasteiger partial charge in [0, 0.05) is 12.8 Å². The number of rotatable bonds is 1. The molecular formula is C6H9N5S. The van der Waals surface area contributed by atoms with Crippen LogP contribution in [0.2, 0.25) is 0 Å². The zero-order valence-electron chi connectivity index (χ0n) is 6.64. The highest BCUT2D eigenvalue weighted by Crippen LogP contribution is 2.19. The molecular weight excluding hydrogens is 174 g/mol. The Labute approximate surface area is 74.3 Å². The molecule has 0 aromatic carbocycles. The zero-order valence-corrected chi connectivity index (χ0v) is 7.45. The summed E-state index contributed by atoms with van der Waals surface area (Å²) in [5.41, 5.74) is 0. The third-order valence-electron chi connectivity index (χ3n) is 1.63. The van der Waals surface area contributed by atoms with Crippen LogP contribution in [0.5, 0.6) is 0 Å². The molecule has 1 aliphatic rings. The van der Waals surface area contributed by atoms with Crippen molar-refractivity contribution in [2.45, 2.75) is 6.17 Å². The Morgan fingerprint density at radius 3 is 3.33 bits per heavy atom. The lowest BCUT2D eigenvalue weighted by atomic mass is 10.6. The summed E-state index contributed by atoms with van der Waals surface area (Å²) in [5, 5.41) is 8.23. The van der Waals surface area contributed by atoms with Gasteiger partial charge in [0.1, 0.15) is 18.8 Å². The lowest BCUT2D eigenvalue weighted by Crippen LogP contribution is -2.25. The van der Waals surface area contributed by atoms with E-state index in [0.717, 1.165) is 10.9 Å². The van der Waals surface area contributed by atoms with E-state index in [-0.39, 0.29) is 6.17 Å². The summed E-state index contributed by atoms with van der Waals surface area (Å²) in [6.45, 7) is 0. The molecule has 0 spiro atoms. The predicted molar refractivity (Wildman–Crippen MR) is 48.0 cm³/mol. The minimum absolute atomic E-state index is 0.205. The van der Waals surface area contributed by atoms with Crippen molar-refractivity contribution in [3.05, 3.63) is 12.7 Å². The second-order valence-corrected chi connectivity index (χ2v) is 3.38. The summed E-state index contributed by atoms with van der Waals surface area (Å²) in [6, 6.07) is 0. The van der Waals surface area contributed by atoms with Crippen LogP contribution < -0.4 is 5.32 Å². The van der Waals surface area contributed by atoms with E-state index >= 15 is 0 Å². The Kier molecular flexibility index (Phi) is 1.99. The summed E-state index contributed by atoms with van der Waals surface area (Å²) in [4.78, 5) is 7.93. The Hall–Kier alpha value is -1.04. The van der Waals surface area contributed by atoms with Gasteiger partial charge >= 0.3 is 0 Å². The molecule has 1 aromatic rings. The molecule has 1 aliphatic heterocycles. The normalized spacial score (nSPS) is 26.1. The van der Waals surface area contributed by atoms with Crippen molar-refractivity contribution >= 4 is 16.9 Å². The minimum Gasteiger partial charge on any atom is -0.342 e. The Balaban J connectivity index is 2.10. The minimum atomic E-state index is 0.205. The van der Waals surface area contributed by atoms with Crippen molar-refractivity contribution in [3.8, 4) is 0 Å². The molecule has 2 rings (SSSR count). The Morgan fingerprint density at radius 2 is 2.75 bits per heavy atom. The molecule has 0 radical (unpaired) electrons. The molecule has 6 heteroatoms. The van der Waals surface area contributed by atoms with Gasteiger partial charge in [0.25, 0.3) is 0 Å². The predicted octanol–water partition coefficient (Wildman–Crippen LogP) is 0.0989. The fourth-order valence-corrected chi connectivity index (χ4v) is 1.93. The molecule has 64 valence electrons. The molecule has 1 saturated heterocycles. The van der Waals surface area contributed by atoms with Gasteiger partial charge in [0.2, 0.25) is 0 Å². The second kappa shape index (κ2) is 3.14. The van der Waals surface area contributed by atoms with Gasteiger partial charge < -0.3 is 5.32 Å². The highest BCUT2D eigenvalue weighted by atomic mass is 32.2. The molecule has 0 aliphatic carbocycles. The maximum Gasteiger partial charge on any atom is 0.158 e. The number of hydrogen-bond donors (Lipinski definition) is 1. The first-order chi connectivity index (χ1) is 5.90. The number of amidine groups is 1. The van der Waals surface area contributed by atoms with Crippen LogP contribution in [0.25, 0.3) is 0 Å².